The van der Waals surface area contributed by atoms with Crippen LogP contribution in [0.25, 0.3) is 10.8 Å². The van der Waals surface area contributed by atoms with E-state index in [-0.39, 0.29) is 28.1 Å². The fraction of sp³-hybridized carbons (Fsp3) is 0.0968. The van der Waals surface area contributed by atoms with Gasteiger partial charge in [0.2, 0.25) is 0 Å². The van der Waals surface area contributed by atoms with Crippen molar-refractivity contribution < 1.29 is 28.7 Å². The van der Waals surface area contributed by atoms with Crippen LogP contribution < -0.4 is 15.0 Å². The molecule has 200 valence electrons. The molecule has 0 unspecified atom stereocenters. The molecule has 1 heterocycles. The molecule has 0 aromatic heterocycles. The summed E-state index contributed by atoms with van der Waals surface area (Å²) < 4.78 is 10.8. The Kier molecular flexibility index (Phi) is 7.35. The van der Waals surface area contributed by atoms with E-state index in [4.69, 9.17) is 21.1 Å². The molecular formula is C31H23ClN2O6. The van der Waals surface area contributed by atoms with Gasteiger partial charge in [0.25, 0.3) is 11.8 Å². The van der Waals surface area contributed by atoms with Crippen molar-refractivity contribution in [2.45, 2.75) is 20.0 Å². The molecule has 0 fully saturated rings. The van der Waals surface area contributed by atoms with Crippen LogP contribution in [-0.2, 0) is 14.3 Å². The van der Waals surface area contributed by atoms with Gasteiger partial charge < -0.3 is 14.8 Å². The predicted octanol–water partition coefficient (Wildman–Crippen LogP) is 6.06. The molecule has 0 atom stereocenters. The first-order chi connectivity index (χ1) is 19.2. The summed E-state index contributed by atoms with van der Waals surface area (Å²) in [5.74, 6) is -1.97. The summed E-state index contributed by atoms with van der Waals surface area (Å²) >= 11 is 6.23. The van der Waals surface area contributed by atoms with Crippen molar-refractivity contribution in [2.24, 2.45) is 0 Å². The van der Waals surface area contributed by atoms with Crippen molar-refractivity contribution >= 4 is 57.5 Å². The van der Waals surface area contributed by atoms with E-state index in [1.165, 1.54) is 36.4 Å². The lowest BCUT2D eigenvalue weighted by Gasteiger charge is -2.16. The predicted molar refractivity (Wildman–Crippen MR) is 151 cm³/mol. The lowest BCUT2D eigenvalue weighted by atomic mass is 10.1. The van der Waals surface area contributed by atoms with E-state index in [2.05, 4.69) is 5.32 Å². The number of ether oxygens (including phenoxy) is 2. The Morgan fingerprint density at radius 1 is 0.775 bits per heavy atom. The summed E-state index contributed by atoms with van der Waals surface area (Å²) in [4.78, 5) is 51.7. The van der Waals surface area contributed by atoms with E-state index >= 15 is 0 Å². The molecule has 1 aliphatic rings. The van der Waals surface area contributed by atoms with Crippen molar-refractivity contribution in [1.82, 2.24) is 0 Å². The van der Waals surface area contributed by atoms with Gasteiger partial charge in [-0.15, -0.1) is 0 Å². The second kappa shape index (κ2) is 11.0. The number of halogens is 1. The highest BCUT2D eigenvalue weighted by Gasteiger charge is 2.39. The number of hydrogen-bond acceptors (Lipinski definition) is 7. The second-order valence-corrected chi connectivity index (χ2v) is 9.58. The molecule has 1 aliphatic heterocycles. The molecule has 0 radical (unpaired) electrons. The van der Waals surface area contributed by atoms with Gasteiger partial charge in [0, 0.05) is 11.1 Å². The minimum atomic E-state index is -0.707. The molecule has 4 aromatic carbocycles. The van der Waals surface area contributed by atoms with Crippen LogP contribution in [0, 0.1) is 0 Å². The van der Waals surface area contributed by atoms with E-state index in [0.717, 1.165) is 15.7 Å². The minimum Gasteiger partial charge on any atom is -0.459 e. The number of imide groups is 1. The number of esters is 2. The molecular weight excluding hydrogens is 532 g/mol. The Morgan fingerprint density at radius 3 is 2.10 bits per heavy atom. The summed E-state index contributed by atoms with van der Waals surface area (Å²) in [7, 11) is 0. The minimum absolute atomic E-state index is 0.110. The van der Waals surface area contributed by atoms with Gasteiger partial charge in [0.1, 0.15) is 16.5 Å². The zero-order chi connectivity index (χ0) is 28.4. The van der Waals surface area contributed by atoms with Gasteiger partial charge in [0.15, 0.2) is 0 Å². The van der Waals surface area contributed by atoms with E-state index in [9.17, 15) is 19.2 Å². The first-order valence-corrected chi connectivity index (χ1v) is 12.8. The van der Waals surface area contributed by atoms with Gasteiger partial charge in [-0.05, 0) is 73.8 Å². The third-order valence-corrected chi connectivity index (χ3v) is 6.42. The van der Waals surface area contributed by atoms with E-state index in [1.807, 2.05) is 36.4 Å². The van der Waals surface area contributed by atoms with Crippen LogP contribution in [0.1, 0.15) is 34.6 Å². The number of hydrogen-bond donors (Lipinski definition) is 1. The Bertz CT molecular complexity index is 1670. The van der Waals surface area contributed by atoms with Crippen LogP contribution in [0.3, 0.4) is 0 Å². The number of benzene rings is 4. The standard InChI is InChI=1S/C31H23ClN2O6/c1-18(2)39-30(37)21-12-16-23(17-13-21)34-28(35)26(32)27(29(34)36)33-22-14-10-20(11-15-22)31(38)40-25-9-5-7-19-6-3-4-8-24(19)25/h3-18,33H,1-2H3. The molecule has 0 saturated heterocycles. The number of nitrogens with zero attached hydrogens (tertiary/aromatic N) is 1. The van der Waals surface area contributed by atoms with Crippen LogP contribution in [0.15, 0.2) is 102 Å². The molecule has 8 nitrogen and oxygen atoms in total. The SMILES string of the molecule is CC(C)OC(=O)c1ccc(N2C(=O)C(Cl)=C(Nc3ccc(C(=O)Oc4cccc5ccccc45)cc3)C2=O)cc1. The van der Waals surface area contributed by atoms with Gasteiger partial charge in [-0.25, -0.2) is 14.5 Å². The third-order valence-electron chi connectivity index (χ3n) is 6.07. The molecule has 0 aliphatic carbocycles. The average Bonchev–Trinajstić information content (AvgIpc) is 3.16. The Balaban J connectivity index is 1.28. The van der Waals surface area contributed by atoms with Crippen LogP contribution in [-0.4, -0.2) is 29.9 Å². The highest BCUT2D eigenvalue weighted by Crippen LogP contribution is 2.31. The topological polar surface area (TPSA) is 102 Å². The van der Waals surface area contributed by atoms with Gasteiger partial charge in [0.05, 0.1) is 22.9 Å². The number of carbonyl (C=O) groups excluding carboxylic acids is 4. The monoisotopic (exact) mass is 554 g/mol. The van der Waals surface area contributed by atoms with Crippen LogP contribution >= 0.6 is 11.6 Å². The van der Waals surface area contributed by atoms with Gasteiger partial charge in [-0.3, -0.25) is 9.59 Å². The lowest BCUT2D eigenvalue weighted by molar-refractivity contribution is -0.120. The highest BCUT2D eigenvalue weighted by atomic mass is 35.5. The first-order valence-electron chi connectivity index (χ1n) is 12.4. The molecule has 1 N–H and O–H groups in total. The molecule has 0 bridgehead atoms. The average molecular weight is 555 g/mol. The summed E-state index contributed by atoms with van der Waals surface area (Å²) in [6.07, 6.45) is -0.283. The summed E-state index contributed by atoms with van der Waals surface area (Å²) in [6.45, 7) is 3.48. The van der Waals surface area contributed by atoms with E-state index in [0.29, 0.717) is 17.0 Å². The molecule has 0 spiro atoms. The zero-order valence-corrected chi connectivity index (χ0v) is 22.3. The molecule has 4 aromatic rings. The van der Waals surface area contributed by atoms with Gasteiger partial charge >= 0.3 is 11.9 Å². The molecule has 0 saturated carbocycles. The second-order valence-electron chi connectivity index (χ2n) is 9.20. The Labute approximate surface area is 234 Å². The fourth-order valence-corrected chi connectivity index (χ4v) is 4.36. The van der Waals surface area contributed by atoms with E-state index < -0.39 is 23.8 Å². The number of anilines is 2. The van der Waals surface area contributed by atoms with Crippen molar-refractivity contribution in [1.29, 1.82) is 0 Å². The third kappa shape index (κ3) is 5.30. The van der Waals surface area contributed by atoms with Gasteiger partial charge in [-0.1, -0.05) is 48.0 Å². The summed E-state index contributed by atoms with van der Waals surface area (Å²) in [5, 5.41) is 4.35. The Morgan fingerprint density at radius 2 is 1.40 bits per heavy atom. The van der Waals surface area contributed by atoms with E-state index in [1.54, 1.807) is 32.0 Å². The van der Waals surface area contributed by atoms with Crippen molar-refractivity contribution in [3.05, 3.63) is 113 Å². The maximum absolute atomic E-state index is 13.1. The van der Waals surface area contributed by atoms with Crippen LogP contribution in [0.4, 0.5) is 11.4 Å². The Hall–Kier alpha value is -4.95. The molecule has 2 amide bonds. The van der Waals surface area contributed by atoms with Crippen molar-refractivity contribution in [2.75, 3.05) is 10.2 Å². The van der Waals surface area contributed by atoms with Crippen molar-refractivity contribution in [3.63, 3.8) is 0 Å². The number of nitrogens with one attached hydrogen (secondary N) is 1. The quantitative estimate of drug-likeness (QED) is 0.168. The lowest BCUT2D eigenvalue weighted by Crippen LogP contribution is -2.32. The number of carbonyl (C=O) groups is 4. The molecule has 40 heavy (non-hydrogen) atoms. The largest absolute Gasteiger partial charge is 0.459 e. The number of rotatable bonds is 7. The smallest absolute Gasteiger partial charge is 0.343 e. The van der Waals surface area contributed by atoms with Crippen LogP contribution in [0.5, 0.6) is 5.75 Å². The maximum Gasteiger partial charge on any atom is 0.343 e. The zero-order valence-electron chi connectivity index (χ0n) is 21.5. The molecule has 9 heteroatoms. The molecule has 5 rings (SSSR count). The van der Waals surface area contributed by atoms with Gasteiger partial charge in [-0.2, -0.15) is 0 Å². The number of amides is 2. The van der Waals surface area contributed by atoms with Crippen LogP contribution in [0.2, 0.25) is 0 Å². The normalized spacial score (nSPS) is 13.2. The van der Waals surface area contributed by atoms with Crippen molar-refractivity contribution in [3.8, 4) is 5.75 Å². The summed E-state index contributed by atoms with van der Waals surface area (Å²) in [5.41, 5.74) is 1.15. The maximum atomic E-state index is 13.1. The summed E-state index contributed by atoms with van der Waals surface area (Å²) in [6, 6.07) is 25.2. The number of fused-ring (bicyclic) bond motifs is 1. The fourth-order valence-electron chi connectivity index (χ4n) is 4.15. The highest BCUT2D eigenvalue weighted by molar-refractivity contribution is 6.53. The first kappa shape index (κ1) is 26.6.